The molecule has 0 radical (unpaired) electrons. The second kappa shape index (κ2) is 8.76. The molecule has 1 aromatic heterocycles. The number of nitrogens with one attached hydrogen (secondary N) is 2. The summed E-state index contributed by atoms with van der Waals surface area (Å²) in [5.74, 6) is 1.49. The third-order valence-electron chi connectivity index (χ3n) is 3.62. The first kappa shape index (κ1) is 19.0. The van der Waals surface area contributed by atoms with E-state index in [4.69, 9.17) is 4.74 Å². The Balaban J connectivity index is 1.76. The topological polar surface area (TPSA) is 87.6 Å². The number of hydrogen-bond donors (Lipinski definition) is 2. The average Bonchev–Trinajstić information content (AvgIpc) is 2.70. The molecule has 8 nitrogen and oxygen atoms in total. The molecule has 0 saturated carbocycles. The maximum atomic E-state index is 13.1. The SMILES string of the molecule is COc1ccc(C=NNc2nc(Nc3ccc(F)cc3)nc(N(C)C)n2)cc1. The molecule has 1 heterocycles. The molecule has 28 heavy (non-hydrogen) atoms. The summed E-state index contributed by atoms with van der Waals surface area (Å²) < 4.78 is 18.2. The van der Waals surface area contributed by atoms with Gasteiger partial charge in [-0.25, -0.2) is 9.82 Å². The van der Waals surface area contributed by atoms with E-state index in [1.807, 2.05) is 38.4 Å². The molecule has 0 saturated heterocycles. The molecule has 2 N–H and O–H groups in total. The van der Waals surface area contributed by atoms with Crippen LogP contribution in [0.25, 0.3) is 0 Å². The van der Waals surface area contributed by atoms with Gasteiger partial charge >= 0.3 is 0 Å². The maximum absolute atomic E-state index is 13.1. The number of rotatable bonds is 7. The lowest BCUT2D eigenvalue weighted by atomic mass is 10.2. The summed E-state index contributed by atoms with van der Waals surface area (Å²) in [6, 6.07) is 13.4. The van der Waals surface area contributed by atoms with Crippen molar-refractivity contribution in [3.05, 3.63) is 59.9 Å². The van der Waals surface area contributed by atoms with Gasteiger partial charge in [-0.05, 0) is 54.1 Å². The van der Waals surface area contributed by atoms with Gasteiger partial charge in [0.1, 0.15) is 11.6 Å². The lowest BCUT2D eigenvalue weighted by molar-refractivity contribution is 0.415. The minimum Gasteiger partial charge on any atom is -0.497 e. The number of methoxy groups -OCH3 is 1. The van der Waals surface area contributed by atoms with Crippen molar-refractivity contribution in [3.8, 4) is 5.75 Å². The molecule has 9 heteroatoms. The molecule has 0 unspecified atom stereocenters. The third-order valence-corrected chi connectivity index (χ3v) is 3.62. The van der Waals surface area contributed by atoms with Gasteiger partial charge in [0.25, 0.3) is 0 Å². The summed E-state index contributed by atoms with van der Waals surface area (Å²) in [6.45, 7) is 0. The van der Waals surface area contributed by atoms with Crippen LogP contribution in [-0.2, 0) is 0 Å². The molecule has 0 fully saturated rings. The molecule has 144 valence electrons. The molecule has 3 rings (SSSR count). The number of hydrogen-bond acceptors (Lipinski definition) is 8. The van der Waals surface area contributed by atoms with Crippen molar-refractivity contribution in [2.45, 2.75) is 0 Å². The third kappa shape index (κ3) is 5.13. The van der Waals surface area contributed by atoms with Crippen LogP contribution >= 0.6 is 0 Å². The summed E-state index contributed by atoms with van der Waals surface area (Å²) in [5.41, 5.74) is 4.35. The molecular formula is C19H20FN7O. The fourth-order valence-corrected chi connectivity index (χ4v) is 2.19. The zero-order valence-corrected chi connectivity index (χ0v) is 15.7. The van der Waals surface area contributed by atoms with Gasteiger partial charge in [-0.2, -0.15) is 20.1 Å². The minimum atomic E-state index is -0.314. The summed E-state index contributed by atoms with van der Waals surface area (Å²) in [6.07, 6.45) is 1.64. The molecule has 3 aromatic rings. The van der Waals surface area contributed by atoms with Gasteiger partial charge in [0, 0.05) is 19.8 Å². The predicted octanol–water partition coefficient (Wildman–Crippen LogP) is 3.27. The molecule has 0 amide bonds. The number of aromatic nitrogens is 3. The number of anilines is 4. The van der Waals surface area contributed by atoms with E-state index >= 15 is 0 Å². The molecule has 0 atom stereocenters. The highest BCUT2D eigenvalue weighted by molar-refractivity contribution is 5.80. The quantitative estimate of drug-likeness (QED) is 0.480. The average molecular weight is 381 g/mol. The van der Waals surface area contributed by atoms with Crippen LogP contribution in [-0.4, -0.2) is 42.4 Å². The molecule has 0 aliphatic carbocycles. The first-order valence-electron chi connectivity index (χ1n) is 8.42. The molecule has 0 bridgehead atoms. The molecule has 0 spiro atoms. The van der Waals surface area contributed by atoms with Crippen LogP contribution in [0.3, 0.4) is 0 Å². The Bertz CT molecular complexity index is 944. The largest absolute Gasteiger partial charge is 0.497 e. The van der Waals surface area contributed by atoms with Crippen LogP contribution in [0.15, 0.2) is 53.6 Å². The summed E-state index contributed by atoms with van der Waals surface area (Å²) in [4.78, 5) is 14.7. The van der Waals surface area contributed by atoms with Gasteiger partial charge in [0.05, 0.1) is 13.3 Å². The Morgan fingerprint density at radius 3 is 2.29 bits per heavy atom. The molecular weight excluding hydrogens is 361 g/mol. The van der Waals surface area contributed by atoms with Gasteiger partial charge in [-0.3, -0.25) is 0 Å². The van der Waals surface area contributed by atoms with Crippen LogP contribution in [0.4, 0.5) is 27.9 Å². The second-order valence-electron chi connectivity index (χ2n) is 5.95. The van der Waals surface area contributed by atoms with E-state index in [1.165, 1.54) is 12.1 Å². The van der Waals surface area contributed by atoms with Crippen molar-refractivity contribution < 1.29 is 9.13 Å². The first-order chi connectivity index (χ1) is 13.5. The van der Waals surface area contributed by atoms with Crippen molar-refractivity contribution in [2.75, 3.05) is 36.8 Å². The van der Waals surface area contributed by atoms with Crippen LogP contribution in [0.5, 0.6) is 5.75 Å². The summed E-state index contributed by atoms with van der Waals surface area (Å²) >= 11 is 0. The van der Waals surface area contributed by atoms with Gasteiger partial charge < -0.3 is 15.0 Å². The second-order valence-corrected chi connectivity index (χ2v) is 5.95. The van der Waals surface area contributed by atoms with E-state index in [1.54, 1.807) is 30.4 Å². The summed E-state index contributed by atoms with van der Waals surface area (Å²) in [7, 11) is 5.26. The van der Waals surface area contributed by atoms with Crippen LogP contribution < -0.4 is 20.4 Å². The van der Waals surface area contributed by atoms with Crippen LogP contribution in [0, 0.1) is 5.82 Å². The van der Waals surface area contributed by atoms with Crippen molar-refractivity contribution in [1.29, 1.82) is 0 Å². The Morgan fingerprint density at radius 1 is 0.964 bits per heavy atom. The number of hydrazone groups is 1. The van der Waals surface area contributed by atoms with Gasteiger partial charge in [0.2, 0.25) is 17.8 Å². The summed E-state index contributed by atoms with van der Waals surface area (Å²) in [5, 5.41) is 7.19. The highest BCUT2D eigenvalue weighted by atomic mass is 19.1. The van der Waals surface area contributed by atoms with Crippen LogP contribution in [0.2, 0.25) is 0 Å². The maximum Gasteiger partial charge on any atom is 0.250 e. The Kier molecular flexibility index (Phi) is 5.95. The first-order valence-corrected chi connectivity index (χ1v) is 8.42. The smallest absolute Gasteiger partial charge is 0.250 e. The van der Waals surface area contributed by atoms with Crippen molar-refractivity contribution in [3.63, 3.8) is 0 Å². The predicted molar refractivity (Wildman–Crippen MR) is 108 cm³/mol. The molecule has 0 aliphatic heterocycles. The lowest BCUT2D eigenvalue weighted by Gasteiger charge is -2.13. The molecule has 2 aromatic carbocycles. The van der Waals surface area contributed by atoms with Crippen molar-refractivity contribution in [1.82, 2.24) is 15.0 Å². The Morgan fingerprint density at radius 2 is 1.64 bits per heavy atom. The standard InChI is InChI=1S/C19H20FN7O/c1-27(2)19-24-17(22-15-8-6-14(20)7-9-15)23-18(25-19)26-21-12-13-4-10-16(28-3)11-5-13/h4-12H,1-3H3,(H2,22,23,24,25,26). The molecule has 0 aliphatic rings. The van der Waals surface area contributed by atoms with Gasteiger partial charge in [-0.15, -0.1) is 0 Å². The minimum absolute atomic E-state index is 0.271. The number of halogens is 1. The van der Waals surface area contributed by atoms with E-state index in [-0.39, 0.29) is 11.8 Å². The van der Waals surface area contributed by atoms with E-state index in [0.717, 1.165) is 11.3 Å². The highest BCUT2D eigenvalue weighted by Gasteiger charge is 2.08. The van der Waals surface area contributed by atoms with Gasteiger partial charge in [0.15, 0.2) is 0 Å². The normalized spacial score (nSPS) is 10.7. The fourth-order valence-electron chi connectivity index (χ4n) is 2.19. The van der Waals surface area contributed by atoms with Gasteiger partial charge in [-0.1, -0.05) is 0 Å². The number of ether oxygens (including phenoxy) is 1. The van der Waals surface area contributed by atoms with E-state index in [0.29, 0.717) is 17.6 Å². The van der Waals surface area contributed by atoms with E-state index in [2.05, 4.69) is 30.8 Å². The zero-order chi connectivity index (χ0) is 19.9. The van der Waals surface area contributed by atoms with E-state index in [9.17, 15) is 4.39 Å². The van der Waals surface area contributed by atoms with Crippen LogP contribution in [0.1, 0.15) is 5.56 Å². The Hall–Kier alpha value is -3.75. The number of nitrogens with zero attached hydrogens (tertiary/aromatic N) is 5. The highest BCUT2D eigenvalue weighted by Crippen LogP contribution is 2.17. The van der Waals surface area contributed by atoms with Crippen molar-refractivity contribution >= 4 is 29.7 Å². The van der Waals surface area contributed by atoms with E-state index < -0.39 is 0 Å². The fraction of sp³-hybridized carbons (Fsp3) is 0.158. The lowest BCUT2D eigenvalue weighted by Crippen LogP contribution is -2.15. The number of benzene rings is 2. The monoisotopic (exact) mass is 381 g/mol. The Labute approximate surface area is 162 Å². The zero-order valence-electron chi connectivity index (χ0n) is 15.7. The van der Waals surface area contributed by atoms with Crippen molar-refractivity contribution in [2.24, 2.45) is 5.10 Å².